The Morgan fingerprint density at radius 1 is 1.12 bits per heavy atom. The molecule has 0 amide bonds. The third kappa shape index (κ3) is 3.02. The molecule has 0 atom stereocenters. The van der Waals surface area contributed by atoms with Crippen LogP contribution in [0, 0.1) is 18.3 Å². The second kappa shape index (κ2) is 5.09. The normalized spacial score (nSPS) is 10.4. The highest BCUT2D eigenvalue weighted by Gasteiger charge is 1.92. The SMILES string of the molecule is Cc1ccc(C=Nc2cccc(C#N)c2)cc1. The van der Waals surface area contributed by atoms with Crippen LogP contribution in [0.25, 0.3) is 0 Å². The maximum Gasteiger partial charge on any atom is 0.0992 e. The topological polar surface area (TPSA) is 36.1 Å². The van der Waals surface area contributed by atoms with Crippen molar-refractivity contribution in [1.82, 2.24) is 0 Å². The van der Waals surface area contributed by atoms with Gasteiger partial charge in [0.05, 0.1) is 17.3 Å². The van der Waals surface area contributed by atoms with E-state index in [1.165, 1.54) is 5.56 Å². The molecule has 2 heteroatoms. The van der Waals surface area contributed by atoms with Gasteiger partial charge in [0, 0.05) is 6.21 Å². The van der Waals surface area contributed by atoms with Crippen molar-refractivity contribution in [1.29, 1.82) is 5.26 Å². The van der Waals surface area contributed by atoms with Crippen molar-refractivity contribution in [2.75, 3.05) is 0 Å². The summed E-state index contributed by atoms with van der Waals surface area (Å²) in [4.78, 5) is 4.34. The average molecular weight is 220 g/mol. The molecular weight excluding hydrogens is 208 g/mol. The molecule has 0 saturated heterocycles. The lowest BCUT2D eigenvalue weighted by molar-refractivity contribution is 1.45. The summed E-state index contributed by atoms with van der Waals surface area (Å²) in [5.41, 5.74) is 3.71. The maximum atomic E-state index is 8.78. The van der Waals surface area contributed by atoms with Crippen molar-refractivity contribution in [2.45, 2.75) is 6.92 Å². The van der Waals surface area contributed by atoms with Crippen LogP contribution in [0.5, 0.6) is 0 Å². The molecule has 0 aliphatic heterocycles. The molecular formula is C15H12N2. The van der Waals surface area contributed by atoms with Gasteiger partial charge in [0.25, 0.3) is 0 Å². The van der Waals surface area contributed by atoms with Gasteiger partial charge in [0.15, 0.2) is 0 Å². The third-order valence-corrected chi connectivity index (χ3v) is 2.42. The second-order valence-corrected chi connectivity index (χ2v) is 3.83. The van der Waals surface area contributed by atoms with Gasteiger partial charge in [-0.3, -0.25) is 4.99 Å². The molecule has 2 aromatic carbocycles. The Labute approximate surface area is 101 Å². The molecule has 17 heavy (non-hydrogen) atoms. The fourth-order valence-electron chi connectivity index (χ4n) is 1.46. The van der Waals surface area contributed by atoms with E-state index in [1.807, 2.05) is 36.4 Å². The van der Waals surface area contributed by atoms with E-state index in [-0.39, 0.29) is 0 Å². The number of hydrogen-bond donors (Lipinski definition) is 0. The molecule has 0 heterocycles. The number of aryl methyl sites for hydroxylation is 1. The van der Waals surface area contributed by atoms with Crippen LogP contribution >= 0.6 is 0 Å². The number of nitriles is 1. The van der Waals surface area contributed by atoms with Gasteiger partial charge in [-0.15, -0.1) is 0 Å². The summed E-state index contributed by atoms with van der Waals surface area (Å²) in [5, 5.41) is 8.78. The molecule has 0 bridgehead atoms. The second-order valence-electron chi connectivity index (χ2n) is 3.83. The first-order valence-corrected chi connectivity index (χ1v) is 5.39. The quantitative estimate of drug-likeness (QED) is 0.712. The molecule has 0 N–H and O–H groups in total. The third-order valence-electron chi connectivity index (χ3n) is 2.42. The summed E-state index contributed by atoms with van der Waals surface area (Å²) in [6.45, 7) is 2.05. The van der Waals surface area contributed by atoms with Crippen molar-refractivity contribution < 1.29 is 0 Å². The van der Waals surface area contributed by atoms with Gasteiger partial charge in [-0.05, 0) is 30.7 Å². The van der Waals surface area contributed by atoms with Crippen molar-refractivity contribution in [2.24, 2.45) is 4.99 Å². The average Bonchev–Trinajstić information content (AvgIpc) is 2.38. The molecule has 2 rings (SSSR count). The summed E-state index contributed by atoms with van der Waals surface area (Å²) in [5.74, 6) is 0. The molecule has 82 valence electrons. The Morgan fingerprint density at radius 2 is 1.88 bits per heavy atom. The van der Waals surface area contributed by atoms with E-state index in [9.17, 15) is 0 Å². The fourth-order valence-corrected chi connectivity index (χ4v) is 1.46. The van der Waals surface area contributed by atoms with Crippen LogP contribution in [-0.2, 0) is 0 Å². The van der Waals surface area contributed by atoms with E-state index >= 15 is 0 Å². The lowest BCUT2D eigenvalue weighted by atomic mass is 10.2. The van der Waals surface area contributed by atoms with E-state index in [0.717, 1.165) is 11.3 Å². The highest BCUT2D eigenvalue weighted by atomic mass is 14.7. The summed E-state index contributed by atoms with van der Waals surface area (Å²) in [7, 11) is 0. The van der Waals surface area contributed by atoms with Crippen LogP contribution < -0.4 is 0 Å². The fraction of sp³-hybridized carbons (Fsp3) is 0.0667. The number of nitrogens with zero attached hydrogens (tertiary/aromatic N) is 2. The first-order chi connectivity index (χ1) is 8.28. The highest BCUT2D eigenvalue weighted by molar-refractivity contribution is 5.82. The van der Waals surface area contributed by atoms with E-state index in [4.69, 9.17) is 5.26 Å². The van der Waals surface area contributed by atoms with Gasteiger partial charge in [0.1, 0.15) is 0 Å². The van der Waals surface area contributed by atoms with E-state index in [0.29, 0.717) is 5.56 Å². The van der Waals surface area contributed by atoms with Crippen LogP contribution in [0.2, 0.25) is 0 Å². The molecule has 0 fully saturated rings. The number of benzene rings is 2. The monoisotopic (exact) mass is 220 g/mol. The molecule has 0 unspecified atom stereocenters. The minimum atomic E-state index is 0.628. The zero-order valence-corrected chi connectivity index (χ0v) is 9.59. The highest BCUT2D eigenvalue weighted by Crippen LogP contribution is 2.13. The smallest absolute Gasteiger partial charge is 0.0992 e. The molecule has 2 nitrogen and oxygen atoms in total. The summed E-state index contributed by atoms with van der Waals surface area (Å²) in [6, 6.07) is 17.5. The van der Waals surface area contributed by atoms with E-state index in [2.05, 4.69) is 18.0 Å². The zero-order chi connectivity index (χ0) is 12.1. The first kappa shape index (κ1) is 11.1. The van der Waals surface area contributed by atoms with Crippen molar-refractivity contribution in [3.63, 3.8) is 0 Å². The predicted octanol–water partition coefficient (Wildman–Crippen LogP) is 3.62. The molecule has 2 aromatic rings. The molecule has 0 aliphatic rings. The van der Waals surface area contributed by atoms with Gasteiger partial charge in [-0.1, -0.05) is 35.9 Å². The lowest BCUT2D eigenvalue weighted by Gasteiger charge is -1.96. The lowest BCUT2D eigenvalue weighted by Crippen LogP contribution is -1.80. The Hall–Kier alpha value is -2.40. The number of hydrogen-bond acceptors (Lipinski definition) is 2. The van der Waals surface area contributed by atoms with Crippen LogP contribution in [0.15, 0.2) is 53.5 Å². The van der Waals surface area contributed by atoms with Gasteiger partial charge >= 0.3 is 0 Å². The summed E-state index contributed by atoms with van der Waals surface area (Å²) >= 11 is 0. The Morgan fingerprint density at radius 3 is 2.59 bits per heavy atom. The Kier molecular flexibility index (Phi) is 3.32. The maximum absolute atomic E-state index is 8.78. The van der Waals surface area contributed by atoms with Gasteiger partial charge in [-0.2, -0.15) is 5.26 Å². The summed E-state index contributed by atoms with van der Waals surface area (Å²) in [6.07, 6.45) is 1.80. The minimum Gasteiger partial charge on any atom is -0.256 e. The van der Waals surface area contributed by atoms with Crippen LogP contribution in [-0.4, -0.2) is 6.21 Å². The molecule has 0 aliphatic carbocycles. The summed E-state index contributed by atoms with van der Waals surface area (Å²) < 4.78 is 0. The van der Waals surface area contributed by atoms with Crippen molar-refractivity contribution in [3.8, 4) is 6.07 Å². The zero-order valence-electron chi connectivity index (χ0n) is 9.59. The van der Waals surface area contributed by atoms with E-state index < -0.39 is 0 Å². The molecule has 0 saturated carbocycles. The van der Waals surface area contributed by atoms with Gasteiger partial charge in [0.2, 0.25) is 0 Å². The van der Waals surface area contributed by atoms with Crippen LogP contribution in [0.1, 0.15) is 16.7 Å². The van der Waals surface area contributed by atoms with Crippen molar-refractivity contribution in [3.05, 3.63) is 65.2 Å². The number of rotatable bonds is 2. The van der Waals surface area contributed by atoms with E-state index in [1.54, 1.807) is 18.3 Å². The standard InChI is InChI=1S/C15H12N2/c1-12-5-7-13(8-6-12)11-17-15-4-2-3-14(9-15)10-16/h2-9,11H,1H3. The predicted molar refractivity (Wildman–Crippen MR) is 69.6 cm³/mol. The van der Waals surface area contributed by atoms with Gasteiger partial charge < -0.3 is 0 Å². The van der Waals surface area contributed by atoms with Crippen LogP contribution in [0.4, 0.5) is 5.69 Å². The number of aliphatic imine (C=N–C) groups is 1. The van der Waals surface area contributed by atoms with Gasteiger partial charge in [-0.25, -0.2) is 0 Å². The largest absolute Gasteiger partial charge is 0.256 e. The van der Waals surface area contributed by atoms with Crippen LogP contribution in [0.3, 0.4) is 0 Å². The minimum absolute atomic E-state index is 0.628. The Bertz CT molecular complexity index is 575. The first-order valence-electron chi connectivity index (χ1n) is 5.39. The molecule has 0 radical (unpaired) electrons. The molecule has 0 aromatic heterocycles. The Balaban J connectivity index is 2.20. The van der Waals surface area contributed by atoms with Crippen molar-refractivity contribution >= 4 is 11.9 Å². The molecule has 0 spiro atoms.